The van der Waals surface area contributed by atoms with E-state index in [9.17, 15) is 9.59 Å². The monoisotopic (exact) mass is 416 g/mol. The number of fused-ring (bicyclic) bond motifs is 2. The second-order valence-corrected chi connectivity index (χ2v) is 8.65. The molecule has 2 fully saturated rings. The number of rotatable bonds is 4. The van der Waals surface area contributed by atoms with Crippen molar-refractivity contribution in [3.8, 4) is 0 Å². The number of para-hydroxylation sites is 1. The maximum atomic E-state index is 13.4. The summed E-state index contributed by atoms with van der Waals surface area (Å²) in [4.78, 5) is 32.1. The average Bonchev–Trinajstić information content (AvgIpc) is 2.95. The Balaban J connectivity index is 1.36. The molecule has 1 unspecified atom stereocenters. The number of hydrogen-bond donors (Lipinski definition) is 0. The van der Waals surface area contributed by atoms with Crippen LogP contribution >= 0.6 is 0 Å². The van der Waals surface area contributed by atoms with Crippen molar-refractivity contribution in [2.24, 2.45) is 7.05 Å². The van der Waals surface area contributed by atoms with Crippen molar-refractivity contribution in [2.45, 2.75) is 25.6 Å². The third kappa shape index (κ3) is 3.83. The van der Waals surface area contributed by atoms with Crippen LogP contribution in [0.5, 0.6) is 0 Å². The molecule has 0 N–H and O–H groups in total. The minimum Gasteiger partial charge on any atom is -0.350 e. The second-order valence-electron chi connectivity index (χ2n) is 8.65. The highest BCUT2D eigenvalue weighted by atomic mass is 16.2. The lowest BCUT2D eigenvalue weighted by atomic mass is 10.1. The van der Waals surface area contributed by atoms with Gasteiger partial charge in [-0.3, -0.25) is 14.5 Å². The molecule has 3 heterocycles. The summed E-state index contributed by atoms with van der Waals surface area (Å²) in [6.45, 7) is 3.56. The molecule has 2 saturated heterocycles. The number of aryl methyl sites for hydroxylation is 1. The van der Waals surface area contributed by atoms with Crippen LogP contribution in [-0.2, 0) is 29.7 Å². The predicted molar refractivity (Wildman–Crippen MR) is 120 cm³/mol. The van der Waals surface area contributed by atoms with Crippen LogP contribution in [0.15, 0.2) is 60.8 Å². The number of carbonyl (C=O) groups is 2. The van der Waals surface area contributed by atoms with E-state index in [1.165, 1.54) is 16.5 Å². The standard InChI is InChI=1S/C25H28N4O2/c1-26-15-20(21-10-5-6-11-22(21)26)16-27-12-7-13-29-23(17-27)25(31)28(18-24(29)30)14-19-8-3-2-4-9-19/h2-6,8-11,15,23H,7,12-14,16-18H2,1H3. The van der Waals surface area contributed by atoms with Crippen molar-refractivity contribution < 1.29 is 9.59 Å². The molecule has 0 spiro atoms. The molecule has 0 radical (unpaired) electrons. The van der Waals surface area contributed by atoms with Gasteiger partial charge in [-0.2, -0.15) is 0 Å². The number of amides is 2. The molecule has 1 atom stereocenters. The highest BCUT2D eigenvalue weighted by molar-refractivity contribution is 5.95. The van der Waals surface area contributed by atoms with E-state index in [1.807, 2.05) is 35.2 Å². The number of aromatic nitrogens is 1. The van der Waals surface area contributed by atoms with Gasteiger partial charge in [0.2, 0.25) is 11.8 Å². The third-order valence-corrected chi connectivity index (χ3v) is 6.51. The zero-order chi connectivity index (χ0) is 21.4. The number of benzene rings is 2. The molecule has 2 aliphatic rings. The summed E-state index contributed by atoms with van der Waals surface area (Å²) in [5.74, 6) is 0.126. The molecule has 31 heavy (non-hydrogen) atoms. The van der Waals surface area contributed by atoms with Crippen LogP contribution in [0.25, 0.3) is 10.9 Å². The molecule has 1 aromatic heterocycles. The van der Waals surface area contributed by atoms with Gasteiger partial charge in [0.15, 0.2) is 0 Å². The van der Waals surface area contributed by atoms with Gasteiger partial charge in [-0.15, -0.1) is 0 Å². The Bertz CT molecular complexity index is 1110. The topological polar surface area (TPSA) is 48.8 Å². The molecule has 2 amide bonds. The number of hydrogen-bond acceptors (Lipinski definition) is 3. The maximum absolute atomic E-state index is 13.4. The van der Waals surface area contributed by atoms with E-state index in [2.05, 4.69) is 47.0 Å². The van der Waals surface area contributed by atoms with Gasteiger partial charge in [-0.25, -0.2) is 0 Å². The van der Waals surface area contributed by atoms with Crippen molar-refractivity contribution in [3.63, 3.8) is 0 Å². The smallest absolute Gasteiger partial charge is 0.247 e. The lowest BCUT2D eigenvalue weighted by Crippen LogP contribution is -2.61. The quantitative estimate of drug-likeness (QED) is 0.657. The van der Waals surface area contributed by atoms with Crippen molar-refractivity contribution >= 4 is 22.7 Å². The molecule has 0 saturated carbocycles. The summed E-state index contributed by atoms with van der Waals surface area (Å²) in [6, 6.07) is 17.9. The van der Waals surface area contributed by atoms with Gasteiger partial charge in [0.1, 0.15) is 12.6 Å². The first-order valence-corrected chi connectivity index (χ1v) is 11.0. The van der Waals surface area contributed by atoms with Gasteiger partial charge < -0.3 is 14.4 Å². The second kappa shape index (κ2) is 8.19. The summed E-state index contributed by atoms with van der Waals surface area (Å²) < 4.78 is 2.16. The summed E-state index contributed by atoms with van der Waals surface area (Å²) in [5.41, 5.74) is 3.53. The van der Waals surface area contributed by atoms with E-state index in [0.29, 0.717) is 19.6 Å². The minimum atomic E-state index is -0.401. The SMILES string of the molecule is Cn1cc(CN2CCCN3C(=O)CN(Cc4ccccc4)C(=O)C3C2)c2ccccc21. The minimum absolute atomic E-state index is 0.0625. The largest absolute Gasteiger partial charge is 0.350 e. The van der Waals surface area contributed by atoms with Crippen molar-refractivity contribution in [1.29, 1.82) is 0 Å². The van der Waals surface area contributed by atoms with Crippen molar-refractivity contribution in [2.75, 3.05) is 26.2 Å². The van der Waals surface area contributed by atoms with Gasteiger partial charge >= 0.3 is 0 Å². The molecule has 2 aromatic carbocycles. The third-order valence-electron chi connectivity index (χ3n) is 6.51. The van der Waals surface area contributed by atoms with Gasteiger partial charge in [-0.05, 0) is 23.6 Å². The number of piperazine rings is 1. The Morgan fingerprint density at radius 1 is 0.935 bits per heavy atom. The average molecular weight is 417 g/mol. The van der Waals surface area contributed by atoms with Crippen molar-refractivity contribution in [3.05, 3.63) is 71.9 Å². The molecule has 160 valence electrons. The molecular weight excluding hydrogens is 388 g/mol. The fraction of sp³-hybridized carbons (Fsp3) is 0.360. The summed E-state index contributed by atoms with van der Waals surface area (Å²) >= 11 is 0. The molecular formula is C25H28N4O2. The lowest BCUT2D eigenvalue weighted by molar-refractivity contribution is -0.156. The van der Waals surface area contributed by atoms with E-state index in [1.54, 1.807) is 4.90 Å². The fourth-order valence-electron chi connectivity index (χ4n) is 4.98. The molecule has 5 rings (SSSR count). The highest BCUT2D eigenvalue weighted by Gasteiger charge is 2.41. The molecule has 0 bridgehead atoms. The Labute approximate surface area is 182 Å². The first kappa shape index (κ1) is 19.8. The van der Waals surface area contributed by atoms with Gasteiger partial charge in [-0.1, -0.05) is 48.5 Å². The van der Waals surface area contributed by atoms with Crippen LogP contribution < -0.4 is 0 Å². The van der Waals surface area contributed by atoms with Gasteiger partial charge in [0.25, 0.3) is 0 Å². The number of nitrogens with zero attached hydrogens (tertiary/aromatic N) is 4. The fourth-order valence-corrected chi connectivity index (χ4v) is 4.98. The molecule has 0 aliphatic carbocycles. The van der Waals surface area contributed by atoms with E-state index < -0.39 is 6.04 Å². The Hall–Kier alpha value is -3.12. The summed E-state index contributed by atoms with van der Waals surface area (Å²) in [6.07, 6.45) is 3.07. The highest BCUT2D eigenvalue weighted by Crippen LogP contribution is 2.25. The van der Waals surface area contributed by atoms with E-state index in [0.717, 1.165) is 25.1 Å². The maximum Gasteiger partial charge on any atom is 0.247 e. The normalized spacial score (nSPS) is 20.2. The van der Waals surface area contributed by atoms with Crippen LogP contribution in [-0.4, -0.2) is 63.3 Å². The van der Waals surface area contributed by atoms with Crippen LogP contribution in [0, 0.1) is 0 Å². The zero-order valence-electron chi connectivity index (χ0n) is 17.9. The van der Waals surface area contributed by atoms with Gasteiger partial charge in [0.05, 0.1) is 0 Å². The zero-order valence-corrected chi connectivity index (χ0v) is 17.9. The molecule has 3 aromatic rings. The van der Waals surface area contributed by atoms with E-state index >= 15 is 0 Å². The van der Waals surface area contributed by atoms with Crippen LogP contribution in [0.1, 0.15) is 17.5 Å². The van der Waals surface area contributed by atoms with Crippen molar-refractivity contribution in [1.82, 2.24) is 19.3 Å². The first-order chi connectivity index (χ1) is 15.1. The lowest BCUT2D eigenvalue weighted by Gasteiger charge is -2.40. The van der Waals surface area contributed by atoms with Gasteiger partial charge in [0, 0.05) is 56.9 Å². The Morgan fingerprint density at radius 2 is 1.71 bits per heavy atom. The molecule has 2 aliphatic heterocycles. The first-order valence-electron chi connectivity index (χ1n) is 11.0. The van der Waals surface area contributed by atoms with E-state index in [4.69, 9.17) is 0 Å². The molecule has 6 heteroatoms. The van der Waals surface area contributed by atoms with Crippen LogP contribution in [0.2, 0.25) is 0 Å². The summed E-state index contributed by atoms with van der Waals surface area (Å²) in [5, 5.41) is 1.25. The summed E-state index contributed by atoms with van der Waals surface area (Å²) in [7, 11) is 2.07. The Morgan fingerprint density at radius 3 is 2.55 bits per heavy atom. The van der Waals surface area contributed by atoms with E-state index in [-0.39, 0.29) is 18.4 Å². The molecule has 6 nitrogen and oxygen atoms in total. The Kier molecular flexibility index (Phi) is 5.24. The number of carbonyl (C=O) groups excluding carboxylic acids is 2. The van der Waals surface area contributed by atoms with Crippen LogP contribution in [0.4, 0.5) is 0 Å². The van der Waals surface area contributed by atoms with Crippen LogP contribution in [0.3, 0.4) is 0 Å². The predicted octanol–water partition coefficient (Wildman–Crippen LogP) is 2.62.